The fraction of sp³-hybridized carbons (Fsp3) is 0.462. The Morgan fingerprint density at radius 3 is 2.65 bits per heavy atom. The summed E-state index contributed by atoms with van der Waals surface area (Å²) in [5.74, 6) is -0.536. The fourth-order valence-corrected chi connectivity index (χ4v) is 3.60. The summed E-state index contributed by atoms with van der Waals surface area (Å²) in [7, 11) is 3.85. The first-order chi connectivity index (χ1) is 9.42. The number of aromatic nitrogens is 1. The number of carbonyl (C=O) groups excluding carboxylic acids is 2. The molecule has 108 valence electrons. The summed E-state index contributed by atoms with van der Waals surface area (Å²) in [6.45, 7) is 3.35. The van der Waals surface area contributed by atoms with Crippen molar-refractivity contribution >= 4 is 49.1 Å². The average Bonchev–Trinajstić information content (AvgIpc) is 2.95. The zero-order valence-electron chi connectivity index (χ0n) is 11.8. The van der Waals surface area contributed by atoms with Gasteiger partial charge in [0.05, 0.1) is 4.70 Å². The van der Waals surface area contributed by atoms with Crippen molar-refractivity contribution in [3.63, 3.8) is 0 Å². The minimum atomic E-state index is -0.696. The van der Waals surface area contributed by atoms with E-state index >= 15 is 0 Å². The number of thiazole rings is 1. The van der Waals surface area contributed by atoms with Crippen LogP contribution in [0.25, 0.3) is 9.53 Å². The van der Waals surface area contributed by atoms with Gasteiger partial charge in [-0.3, -0.25) is 4.79 Å². The van der Waals surface area contributed by atoms with Gasteiger partial charge in [-0.2, -0.15) is 0 Å². The van der Waals surface area contributed by atoms with E-state index in [2.05, 4.69) is 4.98 Å². The van der Waals surface area contributed by atoms with Gasteiger partial charge in [0.25, 0.3) is 0 Å². The first-order valence-corrected chi connectivity index (χ1v) is 7.87. The van der Waals surface area contributed by atoms with E-state index in [0.717, 1.165) is 14.7 Å². The molecule has 7 heteroatoms. The van der Waals surface area contributed by atoms with Gasteiger partial charge in [0, 0.05) is 20.5 Å². The summed E-state index contributed by atoms with van der Waals surface area (Å²) in [6.07, 6.45) is -0.334. The quantitative estimate of drug-likeness (QED) is 0.794. The molecule has 5 nitrogen and oxygen atoms in total. The molecule has 20 heavy (non-hydrogen) atoms. The number of fused-ring (bicyclic) bond motifs is 1. The lowest BCUT2D eigenvalue weighted by Crippen LogP contribution is -2.23. The summed E-state index contributed by atoms with van der Waals surface area (Å²) in [6, 6.07) is 1.77. The van der Waals surface area contributed by atoms with Crippen molar-refractivity contribution in [2.24, 2.45) is 0 Å². The number of carbonyl (C=O) groups is 2. The van der Waals surface area contributed by atoms with Crippen LogP contribution in [0.1, 0.15) is 29.9 Å². The lowest BCUT2D eigenvalue weighted by Gasteiger charge is -2.09. The molecule has 1 atom stereocenters. The van der Waals surface area contributed by atoms with Crippen LogP contribution in [0, 0.1) is 0 Å². The van der Waals surface area contributed by atoms with Gasteiger partial charge in [-0.05, 0) is 13.0 Å². The highest BCUT2D eigenvalue weighted by molar-refractivity contribution is 7.29. The molecule has 0 bridgehead atoms. The Bertz CT molecular complexity index is 614. The molecule has 2 rings (SSSR count). The zero-order valence-corrected chi connectivity index (χ0v) is 13.4. The monoisotopic (exact) mass is 312 g/mol. The van der Waals surface area contributed by atoms with Crippen molar-refractivity contribution in [3.05, 3.63) is 10.9 Å². The van der Waals surface area contributed by atoms with E-state index in [1.54, 1.807) is 19.9 Å². The minimum Gasteiger partial charge on any atom is -0.450 e. The SMILES string of the molecule is CCC(=O)[C@H](C)OC(=O)c1cc2sc(N(C)C)nc2s1. The third kappa shape index (κ3) is 2.99. The van der Waals surface area contributed by atoms with Crippen LogP contribution in [-0.4, -0.2) is 36.9 Å². The second-order valence-corrected chi connectivity index (χ2v) is 6.58. The summed E-state index contributed by atoms with van der Waals surface area (Å²) in [5.41, 5.74) is 0. The number of rotatable bonds is 5. The highest BCUT2D eigenvalue weighted by Gasteiger charge is 2.20. The largest absolute Gasteiger partial charge is 0.450 e. The molecule has 0 aliphatic rings. The Morgan fingerprint density at radius 1 is 1.40 bits per heavy atom. The molecule has 0 aromatic carbocycles. The predicted octanol–water partition coefficient (Wildman–Crippen LogP) is 2.95. The molecule has 2 aromatic rings. The van der Waals surface area contributed by atoms with Gasteiger partial charge in [0.1, 0.15) is 9.71 Å². The van der Waals surface area contributed by atoms with Gasteiger partial charge >= 0.3 is 5.97 Å². The fourth-order valence-electron chi connectivity index (χ4n) is 1.59. The normalized spacial score (nSPS) is 12.4. The number of nitrogens with zero attached hydrogens (tertiary/aromatic N) is 2. The van der Waals surface area contributed by atoms with E-state index in [1.165, 1.54) is 22.7 Å². The number of thiophene rings is 1. The average molecular weight is 312 g/mol. The maximum atomic E-state index is 12.0. The van der Waals surface area contributed by atoms with Crippen LogP contribution < -0.4 is 4.90 Å². The summed E-state index contributed by atoms with van der Waals surface area (Å²) in [4.78, 5) is 31.1. The van der Waals surface area contributed by atoms with Gasteiger partial charge in [-0.25, -0.2) is 9.78 Å². The molecule has 2 heterocycles. The molecular weight excluding hydrogens is 296 g/mol. The lowest BCUT2D eigenvalue weighted by molar-refractivity contribution is -0.126. The van der Waals surface area contributed by atoms with Crippen molar-refractivity contribution in [2.75, 3.05) is 19.0 Å². The van der Waals surface area contributed by atoms with Crippen LogP contribution >= 0.6 is 22.7 Å². The first kappa shape index (κ1) is 14.9. The smallest absolute Gasteiger partial charge is 0.349 e. The molecule has 0 aliphatic carbocycles. The highest BCUT2D eigenvalue weighted by atomic mass is 32.1. The number of hydrogen-bond donors (Lipinski definition) is 0. The van der Waals surface area contributed by atoms with Gasteiger partial charge in [0.15, 0.2) is 17.0 Å². The number of esters is 1. The number of hydrogen-bond acceptors (Lipinski definition) is 7. The molecule has 0 aliphatic heterocycles. The maximum absolute atomic E-state index is 12.0. The zero-order chi connectivity index (χ0) is 14.9. The Labute approximate surface area is 125 Å². The maximum Gasteiger partial charge on any atom is 0.349 e. The molecule has 2 aromatic heterocycles. The van der Waals surface area contributed by atoms with Crippen LogP contribution in [0.4, 0.5) is 5.13 Å². The number of Topliss-reactive ketones (excluding diaryl/α,β-unsaturated/α-hetero) is 1. The molecule has 0 saturated heterocycles. The van der Waals surface area contributed by atoms with Gasteiger partial charge < -0.3 is 9.64 Å². The van der Waals surface area contributed by atoms with Crippen LogP contribution in [0.15, 0.2) is 6.07 Å². The number of ketones is 1. The van der Waals surface area contributed by atoms with Gasteiger partial charge in [-0.1, -0.05) is 18.3 Å². The summed E-state index contributed by atoms with van der Waals surface area (Å²) >= 11 is 2.82. The van der Waals surface area contributed by atoms with E-state index in [0.29, 0.717) is 11.3 Å². The van der Waals surface area contributed by atoms with Crippen LogP contribution in [0.5, 0.6) is 0 Å². The van der Waals surface area contributed by atoms with Crippen LogP contribution in [0.2, 0.25) is 0 Å². The van der Waals surface area contributed by atoms with Crippen LogP contribution in [-0.2, 0) is 9.53 Å². The first-order valence-electron chi connectivity index (χ1n) is 6.23. The molecule has 0 amide bonds. The standard InChI is InChI=1S/C13H16N2O3S2/c1-5-8(16)7(2)18-12(17)10-6-9-11(19-10)14-13(20-9)15(3)4/h6-7H,5H2,1-4H3/t7-/m0/s1. The third-order valence-corrected chi connectivity index (χ3v) is 5.06. The summed E-state index contributed by atoms with van der Waals surface area (Å²) in [5, 5.41) is 0.903. The Balaban J connectivity index is 2.15. The van der Waals surface area contributed by atoms with Crippen molar-refractivity contribution < 1.29 is 14.3 Å². The molecular formula is C13H16N2O3S2. The minimum absolute atomic E-state index is 0.0789. The molecule has 0 spiro atoms. The van der Waals surface area contributed by atoms with Gasteiger partial charge in [0.2, 0.25) is 0 Å². The van der Waals surface area contributed by atoms with Gasteiger partial charge in [-0.15, -0.1) is 11.3 Å². The van der Waals surface area contributed by atoms with E-state index in [-0.39, 0.29) is 5.78 Å². The molecule has 0 fully saturated rings. The summed E-state index contributed by atoms with van der Waals surface area (Å²) < 4.78 is 6.11. The topological polar surface area (TPSA) is 59.5 Å². The van der Waals surface area contributed by atoms with Crippen molar-refractivity contribution in [3.8, 4) is 0 Å². The molecule has 0 N–H and O–H groups in total. The van der Waals surface area contributed by atoms with Crippen molar-refractivity contribution in [2.45, 2.75) is 26.4 Å². The lowest BCUT2D eigenvalue weighted by atomic mass is 10.2. The van der Waals surface area contributed by atoms with Crippen molar-refractivity contribution in [1.29, 1.82) is 0 Å². The highest BCUT2D eigenvalue weighted by Crippen LogP contribution is 2.34. The molecule has 0 saturated carbocycles. The van der Waals surface area contributed by atoms with E-state index in [1.807, 2.05) is 19.0 Å². The van der Waals surface area contributed by atoms with E-state index in [9.17, 15) is 9.59 Å². The van der Waals surface area contributed by atoms with E-state index < -0.39 is 12.1 Å². The Morgan fingerprint density at radius 2 is 2.10 bits per heavy atom. The second kappa shape index (κ2) is 5.88. The van der Waals surface area contributed by atoms with E-state index in [4.69, 9.17) is 4.74 Å². The number of anilines is 1. The van der Waals surface area contributed by atoms with Crippen molar-refractivity contribution in [1.82, 2.24) is 4.98 Å². The second-order valence-electron chi connectivity index (χ2n) is 4.54. The third-order valence-electron chi connectivity index (χ3n) is 2.75. The predicted molar refractivity (Wildman–Crippen MR) is 82.0 cm³/mol. The van der Waals surface area contributed by atoms with Crippen LogP contribution in [0.3, 0.4) is 0 Å². The molecule has 0 unspecified atom stereocenters. The Hall–Kier alpha value is -1.47. The molecule has 0 radical (unpaired) electrons. The Kier molecular flexibility index (Phi) is 4.39. The number of ether oxygens (including phenoxy) is 1.